The second kappa shape index (κ2) is 18.1. The van der Waals surface area contributed by atoms with Crippen molar-refractivity contribution < 1.29 is 0 Å². The summed E-state index contributed by atoms with van der Waals surface area (Å²) in [6.45, 7) is 12.1. The smallest absolute Gasteiger partial charge is 0.0191 e. The third kappa shape index (κ3) is 18.1. The lowest BCUT2D eigenvalue weighted by Crippen LogP contribution is -2.39. The monoisotopic (exact) mass is 319 g/mol. The number of hydrogen-bond acceptors (Lipinski definition) is 3. The molecule has 130 valence electrons. The van der Waals surface area contributed by atoms with Gasteiger partial charge in [0.05, 0.1) is 0 Å². The SMILES string of the molecule is C=S(CCNC)NC1CCN(C)CC1.CCC.CCCC. The van der Waals surface area contributed by atoms with Crippen molar-refractivity contribution in [1.82, 2.24) is 14.9 Å². The highest BCUT2D eigenvalue weighted by Gasteiger charge is 2.16. The Bertz CT molecular complexity index is 212. The van der Waals surface area contributed by atoms with Gasteiger partial charge in [0.25, 0.3) is 0 Å². The Morgan fingerprint density at radius 3 is 1.95 bits per heavy atom. The van der Waals surface area contributed by atoms with E-state index >= 15 is 0 Å². The predicted octanol–water partition coefficient (Wildman–Crippen LogP) is 3.73. The van der Waals surface area contributed by atoms with E-state index in [-0.39, 0.29) is 10.7 Å². The van der Waals surface area contributed by atoms with E-state index in [1.165, 1.54) is 45.2 Å². The molecule has 0 spiro atoms. The lowest BCUT2D eigenvalue weighted by atomic mass is 10.1. The van der Waals surface area contributed by atoms with Crippen molar-refractivity contribution in [2.75, 3.05) is 39.5 Å². The number of piperidine rings is 1. The van der Waals surface area contributed by atoms with Crippen molar-refractivity contribution in [3.8, 4) is 0 Å². The largest absolute Gasteiger partial charge is 0.319 e. The third-order valence-corrected chi connectivity index (χ3v) is 4.51. The minimum absolute atomic E-state index is 0.140. The van der Waals surface area contributed by atoms with Gasteiger partial charge in [0.15, 0.2) is 0 Å². The molecule has 1 aliphatic rings. The number of rotatable bonds is 6. The zero-order valence-corrected chi connectivity index (χ0v) is 16.3. The number of nitrogens with one attached hydrogen (secondary N) is 2. The highest BCUT2D eigenvalue weighted by atomic mass is 32.2. The summed E-state index contributed by atoms with van der Waals surface area (Å²) in [7, 11) is 4.33. The van der Waals surface area contributed by atoms with Gasteiger partial charge in [-0.25, -0.2) is 0 Å². The van der Waals surface area contributed by atoms with Crippen molar-refractivity contribution >= 4 is 16.5 Å². The second-order valence-corrected chi connectivity index (χ2v) is 7.33. The maximum atomic E-state index is 4.15. The molecule has 1 unspecified atom stereocenters. The molecule has 1 fully saturated rings. The van der Waals surface area contributed by atoms with Gasteiger partial charge >= 0.3 is 0 Å². The number of nitrogens with zero attached hydrogens (tertiary/aromatic N) is 1. The average molecular weight is 320 g/mol. The highest BCUT2D eigenvalue weighted by Crippen LogP contribution is 2.13. The van der Waals surface area contributed by atoms with Crippen LogP contribution in [0.2, 0.25) is 0 Å². The Kier molecular flexibility index (Phi) is 20.2. The molecule has 21 heavy (non-hydrogen) atoms. The first-order chi connectivity index (χ1) is 10.0. The summed E-state index contributed by atoms with van der Waals surface area (Å²) >= 11 is 0. The van der Waals surface area contributed by atoms with Crippen LogP contribution < -0.4 is 10.0 Å². The first-order valence-electron chi connectivity index (χ1n) is 8.65. The van der Waals surface area contributed by atoms with Crippen molar-refractivity contribution in [3.05, 3.63) is 0 Å². The summed E-state index contributed by atoms with van der Waals surface area (Å²) < 4.78 is 3.62. The van der Waals surface area contributed by atoms with Gasteiger partial charge in [0.1, 0.15) is 0 Å². The van der Waals surface area contributed by atoms with E-state index in [1.807, 2.05) is 7.05 Å². The van der Waals surface area contributed by atoms with Crippen molar-refractivity contribution in [2.24, 2.45) is 0 Å². The molecule has 0 aliphatic carbocycles. The highest BCUT2D eigenvalue weighted by molar-refractivity contribution is 8.12. The first-order valence-corrected chi connectivity index (χ1v) is 10.2. The molecule has 2 N–H and O–H groups in total. The molecule has 1 heterocycles. The molecular formula is C17H41N3S. The normalized spacial score (nSPS) is 17.2. The van der Waals surface area contributed by atoms with Gasteiger partial charge in [-0.3, -0.25) is 4.72 Å². The van der Waals surface area contributed by atoms with Crippen molar-refractivity contribution in [3.63, 3.8) is 0 Å². The summed E-state index contributed by atoms with van der Waals surface area (Å²) in [5.41, 5.74) is 0. The topological polar surface area (TPSA) is 27.3 Å². The Morgan fingerprint density at radius 1 is 1.10 bits per heavy atom. The predicted molar refractivity (Wildman–Crippen MR) is 104 cm³/mol. The molecule has 1 aliphatic heterocycles. The number of unbranched alkanes of at least 4 members (excludes halogenated alkanes) is 1. The van der Waals surface area contributed by atoms with Crippen LogP contribution in [0.1, 0.15) is 59.8 Å². The lowest BCUT2D eigenvalue weighted by Gasteiger charge is -2.30. The van der Waals surface area contributed by atoms with Gasteiger partial charge in [-0.1, -0.05) is 52.8 Å². The van der Waals surface area contributed by atoms with Gasteiger partial charge in [-0.15, -0.1) is 10.7 Å². The maximum absolute atomic E-state index is 4.15. The van der Waals surface area contributed by atoms with E-state index in [1.54, 1.807) is 0 Å². The van der Waals surface area contributed by atoms with Crippen LogP contribution >= 0.6 is 10.7 Å². The van der Waals surface area contributed by atoms with E-state index in [9.17, 15) is 0 Å². The fourth-order valence-electron chi connectivity index (χ4n) is 1.65. The van der Waals surface area contributed by atoms with E-state index in [4.69, 9.17) is 0 Å². The Morgan fingerprint density at radius 2 is 1.57 bits per heavy atom. The fourth-order valence-corrected chi connectivity index (χ4v) is 2.92. The summed E-state index contributed by atoms with van der Waals surface area (Å²) in [4.78, 5) is 2.40. The molecule has 1 saturated heterocycles. The first kappa shape index (κ1) is 23.4. The van der Waals surface area contributed by atoms with Crippen LogP contribution in [-0.4, -0.2) is 56.3 Å². The van der Waals surface area contributed by atoms with Gasteiger partial charge in [0, 0.05) is 18.3 Å². The molecular weight excluding hydrogens is 278 g/mol. The summed E-state index contributed by atoms with van der Waals surface area (Å²) in [6.07, 6.45) is 6.43. The summed E-state index contributed by atoms with van der Waals surface area (Å²) in [6, 6.07) is 0.698. The van der Waals surface area contributed by atoms with E-state index in [0.29, 0.717) is 6.04 Å². The van der Waals surface area contributed by atoms with Crippen molar-refractivity contribution in [2.45, 2.75) is 65.8 Å². The maximum Gasteiger partial charge on any atom is 0.0191 e. The van der Waals surface area contributed by atoms with Gasteiger partial charge in [-0.05, 0) is 40.0 Å². The Labute approximate surface area is 137 Å². The fraction of sp³-hybridized carbons (Fsp3) is 0.941. The minimum atomic E-state index is 0.140. The van der Waals surface area contributed by atoms with Crippen LogP contribution in [0.5, 0.6) is 0 Å². The number of likely N-dealkylation sites (tertiary alicyclic amines) is 1. The molecule has 0 aromatic rings. The Hall–Kier alpha value is 0.1000. The molecule has 1 atom stereocenters. The molecule has 0 saturated carbocycles. The molecule has 0 bridgehead atoms. The number of hydrogen-bond donors (Lipinski definition) is 2. The zero-order chi connectivity index (χ0) is 16.5. The molecule has 0 radical (unpaired) electrons. The second-order valence-electron chi connectivity index (χ2n) is 5.70. The molecule has 0 amide bonds. The van der Waals surface area contributed by atoms with Gasteiger partial charge in [-0.2, -0.15) is 0 Å². The average Bonchev–Trinajstić information content (AvgIpc) is 2.48. The van der Waals surface area contributed by atoms with Crippen LogP contribution in [-0.2, 0) is 0 Å². The van der Waals surface area contributed by atoms with Crippen LogP contribution in [0.4, 0.5) is 0 Å². The van der Waals surface area contributed by atoms with Crippen molar-refractivity contribution in [1.29, 1.82) is 0 Å². The quantitative estimate of drug-likeness (QED) is 0.731. The lowest BCUT2D eigenvalue weighted by molar-refractivity contribution is 0.250. The van der Waals surface area contributed by atoms with Crippen LogP contribution in [0.3, 0.4) is 0 Å². The van der Waals surface area contributed by atoms with Crippen LogP contribution in [0.15, 0.2) is 0 Å². The minimum Gasteiger partial charge on any atom is -0.319 e. The van der Waals surface area contributed by atoms with Gasteiger partial charge < -0.3 is 10.2 Å². The molecule has 1 rings (SSSR count). The van der Waals surface area contributed by atoms with E-state index in [0.717, 1.165) is 12.3 Å². The molecule has 0 aromatic carbocycles. The van der Waals surface area contributed by atoms with Crippen LogP contribution in [0, 0.1) is 0 Å². The summed E-state index contributed by atoms with van der Waals surface area (Å²) in [5, 5.41) is 3.16. The molecule has 3 nitrogen and oxygen atoms in total. The molecule has 4 heteroatoms. The standard InChI is InChI=1S/C10H23N3S.C4H10.C3H8/c1-11-6-9-14(3)12-10-4-7-13(2)8-5-10;1-3-4-2;1-3-2/h10-12H,3-9H2,1-2H3;3-4H2,1-2H3;3H2,1-2H3. The van der Waals surface area contributed by atoms with Gasteiger partial charge in [0.2, 0.25) is 0 Å². The Balaban J connectivity index is 0. The van der Waals surface area contributed by atoms with E-state index < -0.39 is 0 Å². The van der Waals surface area contributed by atoms with Crippen LogP contribution in [0.25, 0.3) is 0 Å². The summed E-state index contributed by atoms with van der Waals surface area (Å²) in [5.74, 6) is 5.29. The zero-order valence-electron chi connectivity index (χ0n) is 15.5. The third-order valence-electron chi connectivity index (χ3n) is 3.15. The van der Waals surface area contributed by atoms with E-state index in [2.05, 4.69) is 55.6 Å². The molecule has 0 aromatic heterocycles.